The molecule has 1 aromatic heterocycles. The molecule has 1 heterocycles. The third-order valence-electron chi connectivity index (χ3n) is 3.98. The molecule has 3 unspecified atom stereocenters. The van der Waals surface area contributed by atoms with Gasteiger partial charge >= 0.3 is 0 Å². The van der Waals surface area contributed by atoms with Gasteiger partial charge in [-0.25, -0.2) is 4.98 Å². The van der Waals surface area contributed by atoms with Gasteiger partial charge in [0.15, 0.2) is 0 Å². The van der Waals surface area contributed by atoms with Crippen molar-refractivity contribution in [2.75, 3.05) is 0 Å². The van der Waals surface area contributed by atoms with Gasteiger partial charge in [0, 0.05) is 17.6 Å². The number of hydrogen-bond acceptors (Lipinski definition) is 3. The Morgan fingerprint density at radius 2 is 2.29 bits per heavy atom. The third kappa shape index (κ3) is 3.29. The number of hydrogen-bond donors (Lipinski definition) is 1. The van der Waals surface area contributed by atoms with E-state index in [9.17, 15) is 0 Å². The Bertz CT molecular complexity index is 345. The highest BCUT2D eigenvalue weighted by molar-refractivity contribution is 7.09. The van der Waals surface area contributed by atoms with Crippen LogP contribution in [0.25, 0.3) is 0 Å². The van der Waals surface area contributed by atoms with Crippen LogP contribution in [0.5, 0.6) is 0 Å². The van der Waals surface area contributed by atoms with Gasteiger partial charge in [-0.15, -0.1) is 11.3 Å². The maximum absolute atomic E-state index is 4.39. The lowest BCUT2D eigenvalue weighted by Crippen LogP contribution is -2.42. The van der Waals surface area contributed by atoms with Crippen molar-refractivity contribution in [3.05, 3.63) is 16.6 Å². The SMILES string of the molecule is CC(NC1CCC(C)(C)CC1C)c1nccs1. The van der Waals surface area contributed by atoms with E-state index < -0.39 is 0 Å². The maximum Gasteiger partial charge on any atom is 0.109 e. The van der Waals surface area contributed by atoms with E-state index in [1.807, 2.05) is 6.20 Å². The first-order chi connectivity index (χ1) is 7.98. The third-order valence-corrected chi connectivity index (χ3v) is 4.94. The summed E-state index contributed by atoms with van der Waals surface area (Å²) in [6.07, 6.45) is 5.85. The second-order valence-electron chi connectivity index (χ2n) is 6.25. The van der Waals surface area contributed by atoms with Crippen LogP contribution in [0.3, 0.4) is 0 Å². The normalized spacial score (nSPS) is 30.1. The molecule has 3 atom stereocenters. The van der Waals surface area contributed by atoms with Crippen molar-refractivity contribution in [2.45, 2.75) is 59.0 Å². The fourth-order valence-corrected chi connectivity index (χ4v) is 3.69. The van der Waals surface area contributed by atoms with Crippen LogP contribution in [0, 0.1) is 11.3 Å². The van der Waals surface area contributed by atoms with Crippen LogP contribution in [0.15, 0.2) is 11.6 Å². The number of aromatic nitrogens is 1. The molecule has 0 spiro atoms. The minimum absolute atomic E-state index is 0.392. The molecule has 1 saturated carbocycles. The van der Waals surface area contributed by atoms with Crippen LogP contribution in [-0.4, -0.2) is 11.0 Å². The predicted octanol–water partition coefficient (Wildman–Crippen LogP) is 4.01. The summed E-state index contributed by atoms with van der Waals surface area (Å²) in [5.41, 5.74) is 0.530. The van der Waals surface area contributed by atoms with Crippen LogP contribution >= 0.6 is 11.3 Å². The van der Waals surface area contributed by atoms with Gasteiger partial charge in [-0.2, -0.15) is 0 Å². The summed E-state index contributed by atoms with van der Waals surface area (Å²) in [5, 5.41) is 7.02. The Balaban J connectivity index is 1.92. The van der Waals surface area contributed by atoms with Crippen LogP contribution in [0.2, 0.25) is 0 Å². The zero-order chi connectivity index (χ0) is 12.5. The number of nitrogens with one attached hydrogen (secondary N) is 1. The van der Waals surface area contributed by atoms with E-state index in [-0.39, 0.29) is 0 Å². The van der Waals surface area contributed by atoms with Gasteiger partial charge in [-0.3, -0.25) is 0 Å². The Hall–Kier alpha value is -0.410. The largest absolute Gasteiger partial charge is 0.305 e. The first-order valence-corrected chi connectivity index (χ1v) is 7.51. The molecule has 17 heavy (non-hydrogen) atoms. The van der Waals surface area contributed by atoms with Gasteiger partial charge in [0.05, 0.1) is 6.04 Å². The lowest BCUT2D eigenvalue weighted by Gasteiger charge is -2.40. The van der Waals surface area contributed by atoms with Gasteiger partial charge in [0.2, 0.25) is 0 Å². The van der Waals surface area contributed by atoms with Crippen molar-refractivity contribution in [3.8, 4) is 0 Å². The van der Waals surface area contributed by atoms with Gasteiger partial charge in [0.25, 0.3) is 0 Å². The van der Waals surface area contributed by atoms with Crippen LogP contribution < -0.4 is 5.32 Å². The summed E-state index contributed by atoms with van der Waals surface area (Å²) in [6, 6.07) is 1.05. The topological polar surface area (TPSA) is 24.9 Å². The Morgan fingerprint density at radius 1 is 1.53 bits per heavy atom. The van der Waals surface area contributed by atoms with Crippen LogP contribution in [0.4, 0.5) is 0 Å². The second kappa shape index (κ2) is 5.07. The molecule has 0 aliphatic heterocycles. The van der Waals surface area contributed by atoms with E-state index in [4.69, 9.17) is 0 Å². The second-order valence-corrected chi connectivity index (χ2v) is 7.18. The lowest BCUT2D eigenvalue weighted by molar-refractivity contribution is 0.143. The molecule has 1 aliphatic carbocycles. The van der Waals surface area contributed by atoms with E-state index in [0.717, 1.165) is 5.92 Å². The average molecular weight is 252 g/mol. The van der Waals surface area contributed by atoms with Crippen molar-refractivity contribution < 1.29 is 0 Å². The molecule has 1 fully saturated rings. The van der Waals surface area contributed by atoms with Crippen molar-refractivity contribution in [1.82, 2.24) is 10.3 Å². The fraction of sp³-hybridized carbons (Fsp3) is 0.786. The Kier molecular flexibility index (Phi) is 3.88. The highest BCUT2D eigenvalue weighted by Crippen LogP contribution is 2.39. The summed E-state index contributed by atoms with van der Waals surface area (Å²) in [6.45, 7) is 9.40. The average Bonchev–Trinajstić information content (AvgIpc) is 2.74. The zero-order valence-corrected chi connectivity index (χ0v) is 12.2. The molecular weight excluding hydrogens is 228 g/mol. The Morgan fingerprint density at radius 3 is 2.88 bits per heavy atom. The van der Waals surface area contributed by atoms with Gasteiger partial charge < -0.3 is 5.32 Å². The fourth-order valence-electron chi connectivity index (χ4n) is 3.04. The van der Waals surface area contributed by atoms with Crippen molar-refractivity contribution >= 4 is 11.3 Å². The van der Waals surface area contributed by atoms with Crippen LogP contribution in [-0.2, 0) is 0 Å². The van der Waals surface area contributed by atoms with E-state index in [0.29, 0.717) is 17.5 Å². The molecule has 1 aromatic rings. The van der Waals surface area contributed by atoms with Crippen molar-refractivity contribution in [3.63, 3.8) is 0 Å². The summed E-state index contributed by atoms with van der Waals surface area (Å²) >= 11 is 1.75. The molecule has 2 rings (SSSR count). The van der Waals surface area contributed by atoms with E-state index in [2.05, 4.69) is 43.4 Å². The van der Waals surface area contributed by atoms with E-state index in [1.165, 1.54) is 24.3 Å². The van der Waals surface area contributed by atoms with Gasteiger partial charge in [-0.05, 0) is 37.5 Å². The minimum Gasteiger partial charge on any atom is -0.305 e. The molecule has 0 aromatic carbocycles. The molecule has 1 N–H and O–H groups in total. The monoisotopic (exact) mass is 252 g/mol. The smallest absolute Gasteiger partial charge is 0.109 e. The summed E-state index contributed by atoms with van der Waals surface area (Å²) < 4.78 is 0. The molecule has 0 bridgehead atoms. The minimum atomic E-state index is 0.392. The van der Waals surface area contributed by atoms with Crippen molar-refractivity contribution in [1.29, 1.82) is 0 Å². The maximum atomic E-state index is 4.39. The molecule has 2 nitrogen and oxygen atoms in total. The molecule has 0 radical (unpaired) electrons. The molecular formula is C14H24N2S. The van der Waals surface area contributed by atoms with Gasteiger partial charge in [0.1, 0.15) is 5.01 Å². The molecule has 3 heteroatoms. The quantitative estimate of drug-likeness (QED) is 0.879. The Labute approximate surface area is 109 Å². The highest BCUT2D eigenvalue weighted by Gasteiger charge is 2.32. The highest BCUT2D eigenvalue weighted by atomic mass is 32.1. The summed E-state index contributed by atoms with van der Waals surface area (Å²) in [5.74, 6) is 0.765. The molecule has 0 amide bonds. The van der Waals surface area contributed by atoms with Crippen molar-refractivity contribution in [2.24, 2.45) is 11.3 Å². The summed E-state index contributed by atoms with van der Waals surface area (Å²) in [4.78, 5) is 4.39. The number of thiazole rings is 1. The number of nitrogens with zero attached hydrogens (tertiary/aromatic N) is 1. The van der Waals surface area contributed by atoms with E-state index >= 15 is 0 Å². The molecule has 1 aliphatic rings. The van der Waals surface area contributed by atoms with Crippen LogP contribution in [0.1, 0.15) is 58.0 Å². The molecule has 0 saturated heterocycles. The zero-order valence-electron chi connectivity index (χ0n) is 11.4. The van der Waals surface area contributed by atoms with Gasteiger partial charge in [-0.1, -0.05) is 20.8 Å². The standard InChI is InChI=1S/C14H24N2S/c1-10-9-14(3,4)6-5-12(10)16-11(2)13-15-7-8-17-13/h7-8,10-12,16H,5-6,9H2,1-4H3. The summed E-state index contributed by atoms with van der Waals surface area (Å²) in [7, 11) is 0. The first-order valence-electron chi connectivity index (χ1n) is 6.63. The molecule has 96 valence electrons. The first kappa shape index (κ1) is 13.0. The lowest BCUT2D eigenvalue weighted by atomic mass is 9.70. The van der Waals surface area contributed by atoms with E-state index in [1.54, 1.807) is 11.3 Å². The number of rotatable bonds is 3. The predicted molar refractivity (Wildman–Crippen MR) is 74.2 cm³/mol.